The summed E-state index contributed by atoms with van der Waals surface area (Å²) in [6.07, 6.45) is 9.44. The van der Waals surface area contributed by atoms with Gasteiger partial charge in [-0.15, -0.1) is 0 Å². The van der Waals surface area contributed by atoms with Crippen molar-refractivity contribution in [1.82, 2.24) is 19.3 Å². The van der Waals surface area contributed by atoms with Gasteiger partial charge in [-0.05, 0) is 37.0 Å². The first-order valence-electron chi connectivity index (χ1n) is 12.5. The Hall–Kier alpha value is -4.02. The zero-order valence-electron chi connectivity index (χ0n) is 19.9. The van der Waals surface area contributed by atoms with Crippen LogP contribution in [0, 0.1) is 17.2 Å². The quantitative estimate of drug-likeness (QED) is 0.467. The van der Waals surface area contributed by atoms with Crippen molar-refractivity contribution in [3.63, 3.8) is 0 Å². The molecule has 2 fully saturated rings. The Morgan fingerprint density at radius 3 is 2.78 bits per heavy atom. The van der Waals surface area contributed by atoms with Crippen LogP contribution in [0.15, 0.2) is 73.2 Å². The first kappa shape index (κ1) is 22.4. The average molecular weight is 478 g/mol. The molecule has 1 saturated carbocycles. The Kier molecular flexibility index (Phi) is 5.54. The minimum atomic E-state index is -0.940. The van der Waals surface area contributed by atoms with Gasteiger partial charge in [0, 0.05) is 36.5 Å². The van der Waals surface area contributed by atoms with E-state index >= 15 is 0 Å². The van der Waals surface area contributed by atoms with E-state index in [-0.39, 0.29) is 17.9 Å². The maximum atomic E-state index is 14.1. The molecule has 180 valence electrons. The monoisotopic (exact) mass is 477 g/mol. The number of aliphatic hydroxyl groups is 1. The summed E-state index contributed by atoms with van der Waals surface area (Å²) in [4.78, 5) is 25.1. The van der Waals surface area contributed by atoms with E-state index in [1.165, 1.54) is 0 Å². The Morgan fingerprint density at radius 1 is 1.11 bits per heavy atom. The molecule has 7 heteroatoms. The highest BCUT2D eigenvalue weighted by Gasteiger charge is 2.50. The third-order valence-corrected chi connectivity index (χ3v) is 7.91. The summed E-state index contributed by atoms with van der Waals surface area (Å²) in [5.74, 6) is 0.177. The molecule has 1 saturated heterocycles. The number of hydrogen-bond donors (Lipinski definition) is 1. The van der Waals surface area contributed by atoms with Crippen LogP contribution in [0.25, 0.3) is 16.8 Å². The van der Waals surface area contributed by atoms with Gasteiger partial charge in [-0.1, -0.05) is 55.3 Å². The lowest BCUT2D eigenvalue weighted by Gasteiger charge is -2.52. The number of fused-ring (bicyclic) bond motifs is 2. The number of carbonyl (C=O) groups excluding carboxylic acids is 1. The normalized spacial score (nSPS) is 23.7. The second-order valence-electron chi connectivity index (χ2n) is 9.81. The van der Waals surface area contributed by atoms with Crippen LogP contribution in [0.4, 0.5) is 0 Å². The summed E-state index contributed by atoms with van der Waals surface area (Å²) >= 11 is 0. The molecule has 1 amide bonds. The Balaban J connectivity index is 1.40. The molecule has 2 aliphatic rings. The number of nitrogens with zero attached hydrogens (tertiary/aromatic N) is 5. The van der Waals surface area contributed by atoms with E-state index < -0.39 is 5.60 Å². The minimum Gasteiger partial charge on any atom is -0.385 e. The second-order valence-corrected chi connectivity index (χ2v) is 9.81. The molecule has 7 nitrogen and oxygen atoms in total. The van der Waals surface area contributed by atoms with Crippen LogP contribution in [-0.4, -0.2) is 42.9 Å². The van der Waals surface area contributed by atoms with Gasteiger partial charge in [0.2, 0.25) is 5.82 Å². The first-order valence-corrected chi connectivity index (χ1v) is 12.5. The molecule has 2 aromatic carbocycles. The van der Waals surface area contributed by atoms with E-state index in [0.29, 0.717) is 35.6 Å². The van der Waals surface area contributed by atoms with Gasteiger partial charge in [0.25, 0.3) is 5.91 Å². The Morgan fingerprint density at radius 2 is 1.94 bits per heavy atom. The molecule has 0 spiro atoms. The van der Waals surface area contributed by atoms with Crippen molar-refractivity contribution >= 4 is 11.4 Å². The zero-order valence-corrected chi connectivity index (χ0v) is 19.9. The van der Waals surface area contributed by atoms with Gasteiger partial charge in [0.15, 0.2) is 0 Å². The fraction of sp³-hybridized carbons (Fsp3) is 0.310. The lowest BCUT2D eigenvalue weighted by molar-refractivity contribution is -0.110. The number of carbonyl (C=O) groups is 1. The van der Waals surface area contributed by atoms with Crippen LogP contribution in [0.5, 0.6) is 0 Å². The number of nitriles is 1. The number of amides is 1. The third kappa shape index (κ3) is 3.57. The fourth-order valence-electron chi connectivity index (χ4n) is 6.19. The molecule has 2 aromatic heterocycles. The van der Waals surface area contributed by atoms with E-state index in [2.05, 4.69) is 11.1 Å². The molecule has 3 heterocycles. The van der Waals surface area contributed by atoms with Gasteiger partial charge in [-0.3, -0.25) is 14.2 Å². The van der Waals surface area contributed by atoms with Crippen LogP contribution < -0.4 is 0 Å². The van der Waals surface area contributed by atoms with Crippen LogP contribution in [0.1, 0.15) is 53.8 Å². The third-order valence-electron chi connectivity index (χ3n) is 7.91. The van der Waals surface area contributed by atoms with Crippen molar-refractivity contribution in [2.45, 2.75) is 43.7 Å². The highest BCUT2D eigenvalue weighted by Crippen LogP contribution is 2.47. The van der Waals surface area contributed by atoms with E-state index in [1.807, 2.05) is 47.4 Å². The smallest absolute Gasteiger partial charge is 0.290 e. The summed E-state index contributed by atoms with van der Waals surface area (Å²) in [7, 11) is 0. The van der Waals surface area contributed by atoms with E-state index in [0.717, 1.165) is 36.8 Å². The number of benzene rings is 2. The molecule has 6 rings (SSSR count). The van der Waals surface area contributed by atoms with Crippen molar-refractivity contribution in [3.05, 3.63) is 90.1 Å². The lowest BCUT2D eigenvalue weighted by atomic mass is 9.66. The number of piperidine rings is 1. The van der Waals surface area contributed by atoms with Crippen LogP contribution in [0.2, 0.25) is 0 Å². The molecular formula is C29H27N5O2. The molecule has 0 radical (unpaired) electrons. The molecule has 4 aromatic rings. The predicted octanol–water partition coefficient (Wildman–Crippen LogP) is 4.56. The van der Waals surface area contributed by atoms with E-state index in [1.54, 1.807) is 35.1 Å². The van der Waals surface area contributed by atoms with Gasteiger partial charge in [0.1, 0.15) is 0 Å². The number of aromatic nitrogens is 3. The highest BCUT2D eigenvalue weighted by atomic mass is 16.3. The fourth-order valence-corrected chi connectivity index (χ4v) is 6.19. The van der Waals surface area contributed by atoms with Gasteiger partial charge in [-0.25, -0.2) is 4.98 Å². The first-order chi connectivity index (χ1) is 17.6. The Bertz CT molecular complexity index is 1470. The van der Waals surface area contributed by atoms with Crippen LogP contribution in [-0.2, 0) is 5.60 Å². The molecule has 1 aliphatic carbocycles. The molecule has 0 bridgehead atoms. The number of hydrogen-bond acceptors (Lipinski definition) is 5. The van der Waals surface area contributed by atoms with Gasteiger partial charge >= 0.3 is 0 Å². The largest absolute Gasteiger partial charge is 0.385 e. The molecule has 1 unspecified atom stereocenters. The topological polar surface area (TPSA) is 94.5 Å². The molecular weight excluding hydrogens is 450 g/mol. The second kappa shape index (κ2) is 8.89. The van der Waals surface area contributed by atoms with E-state index in [4.69, 9.17) is 4.98 Å². The van der Waals surface area contributed by atoms with E-state index in [9.17, 15) is 15.2 Å². The summed E-state index contributed by atoms with van der Waals surface area (Å²) < 4.78 is 1.79. The van der Waals surface area contributed by atoms with Crippen molar-refractivity contribution in [2.24, 2.45) is 5.92 Å². The zero-order chi connectivity index (χ0) is 24.7. The number of rotatable bonds is 3. The van der Waals surface area contributed by atoms with Crippen molar-refractivity contribution in [3.8, 4) is 17.3 Å². The van der Waals surface area contributed by atoms with Gasteiger partial charge in [0.05, 0.1) is 34.6 Å². The lowest BCUT2D eigenvalue weighted by Crippen LogP contribution is -2.59. The van der Waals surface area contributed by atoms with Gasteiger partial charge in [-0.2, -0.15) is 5.26 Å². The van der Waals surface area contributed by atoms with Crippen molar-refractivity contribution < 1.29 is 9.90 Å². The predicted molar refractivity (Wildman–Crippen MR) is 135 cm³/mol. The maximum Gasteiger partial charge on any atom is 0.290 e. The number of imidazole rings is 1. The summed E-state index contributed by atoms with van der Waals surface area (Å²) in [5, 5.41) is 21.2. The molecule has 1 aliphatic heterocycles. The maximum absolute atomic E-state index is 14.1. The summed E-state index contributed by atoms with van der Waals surface area (Å²) in [6.45, 7) is 0.463. The highest BCUT2D eigenvalue weighted by molar-refractivity contribution is 5.95. The standard InChI is InChI=1S/C29H27N5O2/c30-18-20-7-6-8-21(17-20)26-25-19-31-14-16-33(25)27(32-26)28(35)34-15-13-29(36,22-9-2-1-3-10-22)23-11-4-5-12-24(23)34/h1-3,6-10,14,16-17,19,23-24,36H,4-5,11-13,15H2/t23-,24+,29?/m0/s1. The minimum absolute atomic E-state index is 0.0222. The summed E-state index contributed by atoms with van der Waals surface area (Å²) in [6, 6.07) is 19.3. The SMILES string of the molecule is N#Cc1cccc(-c2nc(C(=O)N3CCC(O)(c4ccccc4)[C@H]4CCCC[C@H]43)n3ccncc23)c1. The number of likely N-dealkylation sites (tertiary alicyclic amines) is 1. The van der Waals surface area contributed by atoms with Crippen LogP contribution >= 0.6 is 0 Å². The Labute approximate surface area is 209 Å². The molecule has 3 atom stereocenters. The van der Waals surface area contributed by atoms with Crippen molar-refractivity contribution in [1.29, 1.82) is 5.26 Å². The summed E-state index contributed by atoms with van der Waals surface area (Å²) in [5.41, 5.74) is 2.64. The van der Waals surface area contributed by atoms with Crippen LogP contribution in [0.3, 0.4) is 0 Å². The van der Waals surface area contributed by atoms with Crippen molar-refractivity contribution in [2.75, 3.05) is 6.54 Å². The average Bonchev–Trinajstić information content (AvgIpc) is 3.33. The molecule has 1 N–H and O–H groups in total. The molecule has 36 heavy (non-hydrogen) atoms. The van der Waals surface area contributed by atoms with Gasteiger partial charge < -0.3 is 10.0 Å².